The van der Waals surface area contributed by atoms with E-state index in [9.17, 15) is 9.50 Å². The average molecular weight is 288 g/mol. The second-order valence-corrected chi connectivity index (χ2v) is 5.18. The Labute approximate surface area is 125 Å². The number of pyridine rings is 1. The van der Waals surface area contributed by atoms with Crippen LogP contribution in [0.25, 0.3) is 0 Å². The predicted molar refractivity (Wildman–Crippen MR) is 82.7 cm³/mol. The topological polar surface area (TPSA) is 36.4 Å². The first kappa shape index (κ1) is 15.4. The van der Waals surface area contributed by atoms with E-state index < -0.39 is 0 Å². The van der Waals surface area contributed by atoms with Crippen LogP contribution >= 0.6 is 0 Å². The summed E-state index contributed by atoms with van der Waals surface area (Å²) in [6.07, 6.45) is 1.87. The van der Waals surface area contributed by atoms with Crippen LogP contribution in [-0.4, -0.2) is 17.1 Å². The lowest BCUT2D eigenvalue weighted by atomic mass is 10.1. The summed E-state index contributed by atoms with van der Waals surface area (Å²) in [4.78, 5) is 6.49. The van der Waals surface area contributed by atoms with Crippen molar-refractivity contribution >= 4 is 5.82 Å². The maximum Gasteiger partial charge on any atom is 0.129 e. The van der Waals surface area contributed by atoms with Gasteiger partial charge in [-0.05, 0) is 30.2 Å². The van der Waals surface area contributed by atoms with Crippen LogP contribution < -0.4 is 4.90 Å². The second-order valence-electron chi connectivity index (χ2n) is 5.18. The molecular formula is C17H21FN2O. The van der Waals surface area contributed by atoms with Crippen molar-refractivity contribution in [1.82, 2.24) is 4.98 Å². The Morgan fingerprint density at radius 1 is 1.24 bits per heavy atom. The van der Waals surface area contributed by atoms with Crippen LogP contribution in [0.1, 0.15) is 30.2 Å². The van der Waals surface area contributed by atoms with Gasteiger partial charge in [-0.25, -0.2) is 9.37 Å². The van der Waals surface area contributed by atoms with Gasteiger partial charge < -0.3 is 10.0 Å². The zero-order valence-electron chi connectivity index (χ0n) is 12.5. The Bertz CT molecular complexity index is 601. The summed E-state index contributed by atoms with van der Waals surface area (Å²) in [5.41, 5.74) is 2.43. The van der Waals surface area contributed by atoms with Gasteiger partial charge in [0.1, 0.15) is 11.6 Å². The van der Waals surface area contributed by atoms with Crippen molar-refractivity contribution in [3.63, 3.8) is 0 Å². The van der Waals surface area contributed by atoms with Gasteiger partial charge >= 0.3 is 0 Å². The molecule has 0 saturated carbocycles. The maximum atomic E-state index is 13.7. The molecule has 0 aliphatic heterocycles. The highest BCUT2D eigenvalue weighted by Gasteiger charge is 2.09. The van der Waals surface area contributed by atoms with Crippen molar-refractivity contribution in [2.75, 3.05) is 11.9 Å². The van der Waals surface area contributed by atoms with E-state index in [0.717, 1.165) is 29.9 Å². The number of anilines is 1. The molecule has 1 aromatic heterocycles. The predicted octanol–water partition coefficient (Wildman–Crippen LogP) is 3.30. The fourth-order valence-electron chi connectivity index (χ4n) is 2.27. The first-order valence-electron chi connectivity index (χ1n) is 7.19. The molecule has 112 valence electrons. The molecule has 0 aliphatic rings. The summed E-state index contributed by atoms with van der Waals surface area (Å²) in [7, 11) is 1.88. The summed E-state index contributed by atoms with van der Waals surface area (Å²) >= 11 is 0. The number of hydrogen-bond acceptors (Lipinski definition) is 3. The first-order chi connectivity index (χ1) is 10.1. The number of aliphatic hydroxyl groups is 1. The Balaban J connectivity index is 2.23. The molecule has 0 fully saturated rings. The Kier molecular flexibility index (Phi) is 5.28. The quantitative estimate of drug-likeness (QED) is 0.886. The molecule has 2 rings (SSSR count). The van der Waals surface area contributed by atoms with Crippen LogP contribution in [0.5, 0.6) is 0 Å². The first-order valence-corrected chi connectivity index (χ1v) is 7.19. The lowest BCUT2D eigenvalue weighted by Gasteiger charge is -2.20. The number of hydrogen-bond donors (Lipinski definition) is 1. The largest absolute Gasteiger partial charge is 0.392 e. The van der Waals surface area contributed by atoms with E-state index in [0.29, 0.717) is 12.1 Å². The number of aliphatic hydroxyl groups excluding tert-OH is 1. The summed E-state index contributed by atoms with van der Waals surface area (Å²) in [5.74, 6) is 0.546. The highest BCUT2D eigenvalue weighted by atomic mass is 19.1. The number of aromatic nitrogens is 1. The highest BCUT2D eigenvalue weighted by Crippen LogP contribution is 2.18. The van der Waals surface area contributed by atoms with E-state index in [1.807, 2.05) is 30.1 Å². The molecular weight excluding hydrogens is 267 g/mol. The molecule has 0 amide bonds. The molecule has 0 spiro atoms. The molecule has 0 atom stereocenters. The zero-order chi connectivity index (χ0) is 15.2. The van der Waals surface area contributed by atoms with Gasteiger partial charge in [0, 0.05) is 24.8 Å². The summed E-state index contributed by atoms with van der Waals surface area (Å²) in [6.45, 7) is 2.52. The minimum atomic E-state index is -0.212. The van der Waals surface area contributed by atoms with Crippen LogP contribution in [0.2, 0.25) is 0 Å². The number of nitrogens with zero attached hydrogens (tertiary/aromatic N) is 2. The Morgan fingerprint density at radius 3 is 2.67 bits per heavy atom. The van der Waals surface area contributed by atoms with Crippen LogP contribution in [0, 0.1) is 5.82 Å². The molecule has 21 heavy (non-hydrogen) atoms. The van der Waals surface area contributed by atoms with Gasteiger partial charge in [0.05, 0.1) is 6.61 Å². The van der Waals surface area contributed by atoms with Crippen molar-refractivity contribution in [3.8, 4) is 0 Å². The van der Waals surface area contributed by atoms with E-state index in [2.05, 4.69) is 11.9 Å². The number of halogens is 1. The minimum Gasteiger partial charge on any atom is -0.392 e. The van der Waals surface area contributed by atoms with Gasteiger partial charge in [-0.3, -0.25) is 0 Å². The lowest BCUT2D eigenvalue weighted by Crippen LogP contribution is -2.19. The molecule has 2 aromatic rings. The van der Waals surface area contributed by atoms with E-state index in [1.54, 1.807) is 12.1 Å². The van der Waals surface area contributed by atoms with Crippen LogP contribution in [0.3, 0.4) is 0 Å². The van der Waals surface area contributed by atoms with Crippen molar-refractivity contribution in [3.05, 3.63) is 59.0 Å². The third-order valence-corrected chi connectivity index (χ3v) is 3.37. The van der Waals surface area contributed by atoms with E-state index in [4.69, 9.17) is 0 Å². The molecule has 0 radical (unpaired) electrons. The van der Waals surface area contributed by atoms with Gasteiger partial charge in [-0.2, -0.15) is 0 Å². The number of aryl methyl sites for hydroxylation is 1. The Hall–Kier alpha value is -1.94. The molecule has 0 unspecified atom stereocenters. The van der Waals surface area contributed by atoms with E-state index in [1.165, 1.54) is 6.07 Å². The van der Waals surface area contributed by atoms with Gasteiger partial charge in [0.2, 0.25) is 0 Å². The van der Waals surface area contributed by atoms with Crippen molar-refractivity contribution in [2.45, 2.75) is 32.9 Å². The van der Waals surface area contributed by atoms with Crippen LogP contribution in [0.15, 0.2) is 36.4 Å². The normalized spacial score (nSPS) is 10.7. The van der Waals surface area contributed by atoms with Crippen molar-refractivity contribution in [2.24, 2.45) is 0 Å². The average Bonchev–Trinajstić information content (AvgIpc) is 2.49. The second kappa shape index (κ2) is 7.18. The fourth-order valence-corrected chi connectivity index (χ4v) is 2.27. The Morgan fingerprint density at radius 2 is 2.00 bits per heavy atom. The van der Waals surface area contributed by atoms with Gasteiger partial charge in [0.15, 0.2) is 0 Å². The van der Waals surface area contributed by atoms with E-state index >= 15 is 0 Å². The molecule has 0 aliphatic carbocycles. The molecule has 1 heterocycles. The SMILES string of the molecule is CCCc1cc(CO)cc(N(C)Cc2ccccc2F)n1. The molecule has 3 nitrogen and oxygen atoms in total. The van der Waals surface area contributed by atoms with Gasteiger partial charge in [-0.15, -0.1) is 0 Å². The molecule has 1 aromatic carbocycles. The number of benzene rings is 1. The summed E-state index contributed by atoms with van der Waals surface area (Å²) in [6, 6.07) is 10.5. The number of rotatable bonds is 6. The lowest BCUT2D eigenvalue weighted by molar-refractivity contribution is 0.281. The molecule has 4 heteroatoms. The molecule has 1 N–H and O–H groups in total. The highest BCUT2D eigenvalue weighted by molar-refractivity contribution is 5.43. The third-order valence-electron chi connectivity index (χ3n) is 3.37. The fraction of sp³-hybridized carbons (Fsp3) is 0.353. The standard InChI is InChI=1S/C17H21FN2O/c1-3-6-15-9-13(12-21)10-17(19-15)20(2)11-14-7-4-5-8-16(14)18/h4-5,7-10,21H,3,6,11-12H2,1-2H3. The van der Waals surface area contributed by atoms with Gasteiger partial charge in [-0.1, -0.05) is 31.5 Å². The maximum absolute atomic E-state index is 13.7. The molecule has 0 saturated heterocycles. The van der Waals surface area contributed by atoms with E-state index in [-0.39, 0.29) is 12.4 Å². The summed E-state index contributed by atoms with van der Waals surface area (Å²) < 4.78 is 13.7. The smallest absolute Gasteiger partial charge is 0.129 e. The zero-order valence-corrected chi connectivity index (χ0v) is 12.5. The van der Waals surface area contributed by atoms with Crippen LogP contribution in [-0.2, 0) is 19.6 Å². The van der Waals surface area contributed by atoms with Crippen LogP contribution in [0.4, 0.5) is 10.2 Å². The minimum absolute atomic E-state index is 0.0141. The van der Waals surface area contributed by atoms with Gasteiger partial charge in [0.25, 0.3) is 0 Å². The molecule has 0 bridgehead atoms. The van der Waals surface area contributed by atoms with Crippen molar-refractivity contribution in [1.29, 1.82) is 0 Å². The monoisotopic (exact) mass is 288 g/mol. The third kappa shape index (κ3) is 4.02. The van der Waals surface area contributed by atoms with Crippen molar-refractivity contribution < 1.29 is 9.50 Å². The summed E-state index contributed by atoms with van der Waals surface area (Å²) in [5, 5.41) is 9.36.